The second kappa shape index (κ2) is 12.3. The molecule has 48 heavy (non-hydrogen) atoms. The first kappa shape index (κ1) is 29.9. The largest absolute Gasteiger partial charge is 0.0616 e. The van der Waals surface area contributed by atoms with Crippen LogP contribution in [0, 0.1) is 0 Å². The molecule has 0 atom stereocenters. The van der Waals surface area contributed by atoms with Crippen molar-refractivity contribution in [3.8, 4) is 22.3 Å². The highest BCUT2D eigenvalue weighted by molar-refractivity contribution is 6.16. The summed E-state index contributed by atoms with van der Waals surface area (Å²) in [6.45, 7) is 9.02. The molecule has 8 rings (SSSR count). The first-order chi connectivity index (χ1) is 23.5. The maximum atomic E-state index is 2.39. The molecule has 0 saturated heterocycles. The van der Waals surface area contributed by atoms with Crippen LogP contribution in [0.15, 0.2) is 146 Å². The molecule has 0 radical (unpaired) electrons. The molecule has 0 aromatic heterocycles. The van der Waals surface area contributed by atoms with Crippen LogP contribution < -0.4 is 0 Å². The lowest BCUT2D eigenvalue weighted by molar-refractivity contribution is 0.867. The fourth-order valence-electron chi connectivity index (χ4n) is 7.41. The van der Waals surface area contributed by atoms with Crippen molar-refractivity contribution in [2.45, 2.75) is 39.5 Å². The first-order valence-corrected chi connectivity index (χ1v) is 17.2. The molecule has 0 amide bonds. The Kier molecular flexibility index (Phi) is 7.66. The van der Waals surface area contributed by atoms with Crippen LogP contribution in [0.2, 0.25) is 0 Å². The second-order valence-electron chi connectivity index (χ2n) is 13.7. The van der Waals surface area contributed by atoms with E-state index in [0.29, 0.717) is 11.8 Å². The summed E-state index contributed by atoms with van der Waals surface area (Å²) in [5.74, 6) is 1.00. The lowest BCUT2D eigenvalue weighted by Crippen LogP contribution is -1.91. The van der Waals surface area contributed by atoms with Gasteiger partial charge in [-0.3, -0.25) is 0 Å². The molecule has 0 aliphatic heterocycles. The molecule has 0 spiro atoms. The van der Waals surface area contributed by atoms with Crippen molar-refractivity contribution in [3.63, 3.8) is 0 Å². The maximum absolute atomic E-state index is 2.39. The summed E-state index contributed by atoms with van der Waals surface area (Å²) in [7, 11) is 0. The topological polar surface area (TPSA) is 0 Å². The second-order valence-corrected chi connectivity index (χ2v) is 13.7. The van der Waals surface area contributed by atoms with Gasteiger partial charge in [0.25, 0.3) is 0 Å². The quantitative estimate of drug-likeness (QED) is 0.129. The standard InChI is InChI=1S/C48H40/c1-31(2)33-19-23-35(24-20-33)43-17-9-13-39-29-37-11-5-7-15-41(37)45(47(39)43)27-28-46-42-16-8-6-12-38(42)30-40-14-10-18-44(48(40)46)36-25-21-34(22-26-36)32(3)4/h5-32H,1-4H3/b28-27+. The van der Waals surface area contributed by atoms with E-state index in [1.165, 1.54) is 87.6 Å². The molecule has 0 heteroatoms. The van der Waals surface area contributed by atoms with E-state index in [-0.39, 0.29) is 0 Å². The Bertz CT molecular complexity index is 2300. The van der Waals surface area contributed by atoms with Gasteiger partial charge in [0.05, 0.1) is 0 Å². The molecular weight excluding hydrogens is 577 g/mol. The Morgan fingerprint density at radius 3 is 1.15 bits per heavy atom. The molecule has 0 fully saturated rings. The van der Waals surface area contributed by atoms with Gasteiger partial charge in [-0.05, 0) is 112 Å². The highest BCUT2D eigenvalue weighted by Gasteiger charge is 2.15. The summed E-state index contributed by atoms with van der Waals surface area (Å²) in [6, 6.07) is 54.1. The zero-order valence-electron chi connectivity index (χ0n) is 28.2. The van der Waals surface area contributed by atoms with Crippen LogP contribution in [-0.4, -0.2) is 0 Å². The Hall–Kier alpha value is -5.46. The van der Waals surface area contributed by atoms with Gasteiger partial charge in [0.15, 0.2) is 0 Å². The maximum Gasteiger partial charge on any atom is -0.00264 e. The van der Waals surface area contributed by atoms with Gasteiger partial charge in [-0.25, -0.2) is 0 Å². The van der Waals surface area contributed by atoms with Gasteiger partial charge in [0.2, 0.25) is 0 Å². The number of hydrogen-bond donors (Lipinski definition) is 0. The Labute approximate surface area is 284 Å². The van der Waals surface area contributed by atoms with E-state index in [9.17, 15) is 0 Å². The molecule has 0 aliphatic rings. The summed E-state index contributed by atoms with van der Waals surface area (Å²) in [4.78, 5) is 0. The lowest BCUT2D eigenvalue weighted by Gasteiger charge is -2.16. The Morgan fingerprint density at radius 1 is 0.375 bits per heavy atom. The average molecular weight is 617 g/mol. The van der Waals surface area contributed by atoms with Crippen molar-refractivity contribution in [3.05, 3.63) is 168 Å². The van der Waals surface area contributed by atoms with E-state index in [1.54, 1.807) is 0 Å². The molecule has 0 saturated carbocycles. The minimum Gasteiger partial charge on any atom is -0.0616 e. The number of rotatable bonds is 6. The van der Waals surface area contributed by atoms with Crippen LogP contribution in [-0.2, 0) is 0 Å². The van der Waals surface area contributed by atoms with E-state index in [1.807, 2.05) is 0 Å². The lowest BCUT2D eigenvalue weighted by atomic mass is 9.88. The van der Waals surface area contributed by atoms with Crippen LogP contribution in [0.4, 0.5) is 0 Å². The zero-order valence-corrected chi connectivity index (χ0v) is 28.2. The third kappa shape index (κ3) is 5.28. The summed E-state index contributed by atoms with van der Waals surface area (Å²) in [5.41, 5.74) is 10.3. The highest BCUT2D eigenvalue weighted by atomic mass is 14.2. The van der Waals surface area contributed by atoms with E-state index in [0.717, 1.165) is 0 Å². The summed E-state index contributed by atoms with van der Waals surface area (Å²) in [6.07, 6.45) is 4.77. The summed E-state index contributed by atoms with van der Waals surface area (Å²) < 4.78 is 0. The SMILES string of the molecule is CC(C)c1ccc(-c2cccc3cc4ccccc4c(/C=C/c4c5ccccc5cc5cccc(-c6ccc(C(C)C)cc6)c45)c23)cc1. The van der Waals surface area contributed by atoms with Crippen molar-refractivity contribution in [2.24, 2.45) is 0 Å². The predicted octanol–water partition coefficient (Wildman–Crippen LogP) is 14.1. The predicted molar refractivity (Wildman–Crippen MR) is 211 cm³/mol. The number of hydrogen-bond acceptors (Lipinski definition) is 0. The third-order valence-electron chi connectivity index (χ3n) is 10.0. The summed E-state index contributed by atoms with van der Waals surface area (Å²) in [5, 5.41) is 10.1. The van der Waals surface area contributed by atoms with E-state index in [4.69, 9.17) is 0 Å². The van der Waals surface area contributed by atoms with Gasteiger partial charge in [-0.15, -0.1) is 0 Å². The van der Waals surface area contributed by atoms with Crippen molar-refractivity contribution < 1.29 is 0 Å². The third-order valence-corrected chi connectivity index (χ3v) is 10.0. The molecule has 0 heterocycles. The normalized spacial score (nSPS) is 12.0. The minimum absolute atomic E-state index is 0.502. The summed E-state index contributed by atoms with van der Waals surface area (Å²) >= 11 is 0. The van der Waals surface area contributed by atoms with E-state index < -0.39 is 0 Å². The van der Waals surface area contributed by atoms with Crippen molar-refractivity contribution in [1.29, 1.82) is 0 Å². The minimum atomic E-state index is 0.502. The molecule has 0 aliphatic carbocycles. The molecule has 0 N–H and O–H groups in total. The highest BCUT2D eigenvalue weighted by Crippen LogP contribution is 2.40. The average Bonchev–Trinajstić information content (AvgIpc) is 3.12. The monoisotopic (exact) mass is 616 g/mol. The Morgan fingerprint density at radius 2 is 0.750 bits per heavy atom. The van der Waals surface area contributed by atoms with Crippen LogP contribution >= 0.6 is 0 Å². The molecule has 8 aromatic rings. The smallest absolute Gasteiger partial charge is 0.00264 e. The van der Waals surface area contributed by atoms with E-state index in [2.05, 4.69) is 185 Å². The van der Waals surface area contributed by atoms with Gasteiger partial charge in [0, 0.05) is 0 Å². The van der Waals surface area contributed by atoms with Crippen molar-refractivity contribution in [2.75, 3.05) is 0 Å². The Balaban J connectivity index is 1.40. The van der Waals surface area contributed by atoms with Gasteiger partial charge in [0.1, 0.15) is 0 Å². The first-order valence-electron chi connectivity index (χ1n) is 17.2. The van der Waals surface area contributed by atoms with Crippen molar-refractivity contribution >= 4 is 55.2 Å². The number of fused-ring (bicyclic) bond motifs is 4. The fourth-order valence-corrected chi connectivity index (χ4v) is 7.41. The van der Waals surface area contributed by atoms with Crippen LogP contribution in [0.25, 0.3) is 77.5 Å². The molecule has 0 unspecified atom stereocenters. The molecule has 0 nitrogen and oxygen atoms in total. The van der Waals surface area contributed by atoms with Gasteiger partial charge >= 0.3 is 0 Å². The van der Waals surface area contributed by atoms with Crippen LogP contribution in [0.5, 0.6) is 0 Å². The number of benzene rings is 8. The van der Waals surface area contributed by atoms with Gasteiger partial charge < -0.3 is 0 Å². The fraction of sp³-hybridized carbons (Fsp3) is 0.125. The zero-order chi connectivity index (χ0) is 32.8. The van der Waals surface area contributed by atoms with E-state index >= 15 is 0 Å². The van der Waals surface area contributed by atoms with Crippen molar-refractivity contribution in [1.82, 2.24) is 0 Å². The molecule has 0 bridgehead atoms. The van der Waals surface area contributed by atoms with Gasteiger partial charge in [-0.2, -0.15) is 0 Å². The molecule has 232 valence electrons. The van der Waals surface area contributed by atoms with Gasteiger partial charge in [-0.1, -0.05) is 173 Å². The molecular formula is C48H40. The van der Waals surface area contributed by atoms with Crippen LogP contribution in [0.3, 0.4) is 0 Å². The van der Waals surface area contributed by atoms with Crippen LogP contribution in [0.1, 0.15) is 61.8 Å². The molecule has 8 aromatic carbocycles.